The van der Waals surface area contributed by atoms with Gasteiger partial charge in [-0.1, -0.05) is 48.0 Å². The van der Waals surface area contributed by atoms with E-state index in [0.29, 0.717) is 30.5 Å². The molecule has 4 aromatic rings. The van der Waals surface area contributed by atoms with Crippen molar-refractivity contribution in [1.82, 2.24) is 19.5 Å². The van der Waals surface area contributed by atoms with Gasteiger partial charge in [-0.05, 0) is 67.5 Å². The third-order valence-corrected chi connectivity index (χ3v) is 8.50. The standard InChI is InChI=1S/C31H29F3N6O7S/c1-21-9-11-22(12-10-21)27-18-28(31(32,33)34)35-40(27)24-13-15-26(16-14-24)48(43,44)36-30(42)45-19-25-8-5-17-39(25)37-38-47-20-46-29(41)23-6-3-2-4-7-23/h2-4,6-7,9-16,18,25H,5,8,17,19-20H2,1H3,(H,36,42)/t25-/m0/s1. The third kappa shape index (κ3) is 8.47. The number of aryl methyl sites for hydroxylation is 1. The molecule has 48 heavy (non-hydrogen) atoms. The third-order valence-electron chi connectivity index (χ3n) is 7.17. The van der Waals surface area contributed by atoms with Crippen LogP contribution in [-0.2, 0) is 30.5 Å². The summed E-state index contributed by atoms with van der Waals surface area (Å²) in [7, 11) is -4.40. The predicted molar refractivity (Wildman–Crippen MR) is 163 cm³/mol. The summed E-state index contributed by atoms with van der Waals surface area (Å²) in [6.07, 6.45) is -4.69. The van der Waals surface area contributed by atoms with Crippen molar-refractivity contribution in [2.45, 2.75) is 36.9 Å². The first-order valence-corrected chi connectivity index (χ1v) is 15.9. The number of nitrogens with zero attached hydrogens (tertiary/aromatic N) is 5. The van der Waals surface area contributed by atoms with Crippen LogP contribution in [0.5, 0.6) is 0 Å². The number of aromatic nitrogens is 2. The number of hydrogen-bond acceptors (Lipinski definition) is 10. The fourth-order valence-electron chi connectivity index (χ4n) is 4.72. The van der Waals surface area contributed by atoms with Gasteiger partial charge in [0.1, 0.15) is 6.61 Å². The van der Waals surface area contributed by atoms with Crippen molar-refractivity contribution < 1.29 is 45.5 Å². The van der Waals surface area contributed by atoms with Gasteiger partial charge in [-0.3, -0.25) is 5.01 Å². The molecular weight excluding hydrogens is 657 g/mol. The Morgan fingerprint density at radius 3 is 2.40 bits per heavy atom. The van der Waals surface area contributed by atoms with Crippen LogP contribution in [-0.4, -0.2) is 61.3 Å². The van der Waals surface area contributed by atoms with Crippen molar-refractivity contribution in [3.63, 3.8) is 0 Å². The van der Waals surface area contributed by atoms with Gasteiger partial charge in [0.15, 0.2) is 5.69 Å². The molecule has 0 spiro atoms. The van der Waals surface area contributed by atoms with Crippen molar-refractivity contribution in [3.05, 3.63) is 102 Å². The molecule has 1 amide bonds. The lowest BCUT2D eigenvalue weighted by atomic mass is 10.1. The van der Waals surface area contributed by atoms with Crippen molar-refractivity contribution in [3.8, 4) is 16.9 Å². The second-order valence-electron chi connectivity index (χ2n) is 10.6. The van der Waals surface area contributed by atoms with Crippen LogP contribution in [0.2, 0.25) is 0 Å². The molecule has 252 valence electrons. The fourth-order valence-corrected chi connectivity index (χ4v) is 5.61. The lowest BCUT2D eigenvalue weighted by molar-refractivity contribution is -0.141. The van der Waals surface area contributed by atoms with Gasteiger partial charge < -0.3 is 14.3 Å². The fraction of sp³-hybridized carbons (Fsp3) is 0.258. The zero-order chi connectivity index (χ0) is 34.3. The number of carbonyl (C=O) groups excluding carboxylic acids is 2. The summed E-state index contributed by atoms with van der Waals surface area (Å²) < 4.78 is 79.2. The summed E-state index contributed by atoms with van der Waals surface area (Å²) in [6, 6.07) is 20.4. The second kappa shape index (κ2) is 14.5. The first-order valence-electron chi connectivity index (χ1n) is 14.5. The number of sulfonamides is 1. The van der Waals surface area contributed by atoms with Crippen molar-refractivity contribution in [2.75, 3.05) is 19.9 Å². The molecule has 1 atom stereocenters. The Balaban J connectivity index is 1.15. The van der Waals surface area contributed by atoms with Gasteiger partial charge in [0.05, 0.1) is 27.9 Å². The number of halogens is 3. The molecule has 1 fully saturated rings. The normalized spacial score (nSPS) is 15.0. The first-order chi connectivity index (χ1) is 22.9. The zero-order valence-electron chi connectivity index (χ0n) is 25.3. The van der Waals surface area contributed by atoms with E-state index in [0.717, 1.165) is 28.4 Å². The highest BCUT2D eigenvalue weighted by Gasteiger charge is 2.35. The van der Waals surface area contributed by atoms with Gasteiger partial charge in [-0.25, -0.2) is 27.4 Å². The molecular formula is C31H29F3N6O7S. The molecule has 0 unspecified atom stereocenters. The number of alkyl halides is 3. The van der Waals surface area contributed by atoms with Crippen molar-refractivity contribution in [1.29, 1.82) is 0 Å². The van der Waals surface area contributed by atoms with Gasteiger partial charge in [0, 0.05) is 17.4 Å². The molecule has 0 aliphatic carbocycles. The summed E-state index contributed by atoms with van der Waals surface area (Å²) in [4.78, 5) is 28.9. The lowest BCUT2D eigenvalue weighted by Gasteiger charge is -2.19. The first kappa shape index (κ1) is 33.9. The highest BCUT2D eigenvalue weighted by molar-refractivity contribution is 7.90. The van der Waals surface area contributed by atoms with E-state index in [1.54, 1.807) is 54.6 Å². The molecule has 0 bridgehead atoms. The molecule has 1 saturated heterocycles. The van der Waals surface area contributed by atoms with Crippen LogP contribution in [0.15, 0.2) is 100 Å². The van der Waals surface area contributed by atoms with E-state index in [1.807, 2.05) is 11.6 Å². The molecule has 13 nitrogen and oxygen atoms in total. The molecule has 0 saturated carbocycles. The van der Waals surface area contributed by atoms with E-state index in [4.69, 9.17) is 14.3 Å². The minimum Gasteiger partial charge on any atom is -0.447 e. The summed E-state index contributed by atoms with van der Waals surface area (Å²) in [5.41, 5.74) is 0.937. The Bertz CT molecular complexity index is 1870. The van der Waals surface area contributed by atoms with E-state index < -0.39 is 46.8 Å². The van der Waals surface area contributed by atoms with E-state index in [-0.39, 0.29) is 22.9 Å². The minimum atomic E-state index is -4.70. The molecule has 1 N–H and O–H groups in total. The monoisotopic (exact) mass is 686 g/mol. The Morgan fingerprint density at radius 1 is 1.00 bits per heavy atom. The minimum absolute atomic E-state index is 0.151. The van der Waals surface area contributed by atoms with Crippen LogP contribution in [0.25, 0.3) is 16.9 Å². The molecule has 17 heteroatoms. The van der Waals surface area contributed by atoms with E-state index >= 15 is 0 Å². The molecule has 1 aliphatic heterocycles. The Labute approximate surface area is 272 Å². The zero-order valence-corrected chi connectivity index (χ0v) is 26.1. The maximum atomic E-state index is 13.5. The number of amides is 1. The number of benzene rings is 3. The van der Waals surface area contributed by atoms with Crippen LogP contribution in [0.1, 0.15) is 34.5 Å². The largest absolute Gasteiger partial charge is 0.447 e. The van der Waals surface area contributed by atoms with E-state index in [1.165, 1.54) is 17.1 Å². The Kier molecular flexibility index (Phi) is 10.3. The Morgan fingerprint density at radius 2 is 1.71 bits per heavy atom. The van der Waals surface area contributed by atoms with Crippen LogP contribution < -0.4 is 4.72 Å². The summed E-state index contributed by atoms with van der Waals surface area (Å²) in [5.74, 6) is -0.597. The quantitative estimate of drug-likeness (QED) is 0.0672. The number of esters is 1. The molecule has 1 aromatic heterocycles. The number of hydrogen-bond donors (Lipinski definition) is 1. The van der Waals surface area contributed by atoms with Gasteiger partial charge in [0.25, 0.3) is 16.8 Å². The summed E-state index contributed by atoms with van der Waals surface area (Å²) in [5, 5.41) is 12.6. The number of nitrogens with one attached hydrogen (secondary N) is 1. The summed E-state index contributed by atoms with van der Waals surface area (Å²) >= 11 is 0. The average Bonchev–Trinajstić information content (AvgIpc) is 3.72. The lowest BCUT2D eigenvalue weighted by Crippen LogP contribution is -2.35. The molecule has 3 aromatic carbocycles. The maximum absolute atomic E-state index is 13.5. The van der Waals surface area contributed by atoms with E-state index in [9.17, 15) is 31.2 Å². The number of carbonyl (C=O) groups is 2. The topological polar surface area (TPSA) is 154 Å². The number of rotatable bonds is 11. The SMILES string of the molecule is Cc1ccc(-c2cc(C(F)(F)F)nn2-c2ccc(S(=O)(=O)NC(=O)OC[C@@H]3CCCN3N=NOCOC(=O)c3ccccc3)cc2)cc1. The molecule has 0 radical (unpaired) electrons. The highest BCUT2D eigenvalue weighted by Crippen LogP contribution is 2.33. The highest BCUT2D eigenvalue weighted by atomic mass is 32.2. The van der Waals surface area contributed by atoms with Gasteiger partial charge in [-0.15, -0.1) is 0 Å². The van der Waals surface area contributed by atoms with Crippen molar-refractivity contribution in [2.24, 2.45) is 10.5 Å². The van der Waals surface area contributed by atoms with Gasteiger partial charge >= 0.3 is 18.2 Å². The van der Waals surface area contributed by atoms with Crippen LogP contribution in [0.3, 0.4) is 0 Å². The van der Waals surface area contributed by atoms with Crippen LogP contribution in [0, 0.1) is 6.92 Å². The predicted octanol–water partition coefficient (Wildman–Crippen LogP) is 5.86. The van der Waals surface area contributed by atoms with Gasteiger partial charge in [-0.2, -0.15) is 18.3 Å². The van der Waals surface area contributed by atoms with Gasteiger partial charge in [0.2, 0.25) is 0 Å². The van der Waals surface area contributed by atoms with Crippen molar-refractivity contribution >= 4 is 22.1 Å². The smallest absolute Gasteiger partial charge is 0.435 e. The molecule has 1 aliphatic rings. The maximum Gasteiger partial charge on any atom is 0.435 e. The molecule has 2 heterocycles. The average molecular weight is 687 g/mol. The molecule has 5 rings (SSSR count). The number of ether oxygens (including phenoxy) is 2. The Hall–Kier alpha value is -5.45. The summed E-state index contributed by atoms with van der Waals surface area (Å²) in [6.45, 7) is 1.61. The van der Waals surface area contributed by atoms with Crippen LogP contribution >= 0.6 is 0 Å². The second-order valence-corrected chi connectivity index (χ2v) is 12.2. The van der Waals surface area contributed by atoms with E-state index in [2.05, 4.69) is 15.6 Å². The van der Waals surface area contributed by atoms with Crippen LogP contribution in [0.4, 0.5) is 18.0 Å².